The Morgan fingerprint density at radius 1 is 0.857 bits per heavy atom. The van der Waals surface area contributed by atoms with Crippen LogP contribution in [-0.4, -0.2) is 76.8 Å². The number of nitrogen functional groups attached to an aromatic ring is 2. The first kappa shape index (κ1) is 26.8. The number of alkyl halides is 2. The molecule has 0 aliphatic carbocycles. The molecule has 3 aliphatic heterocycles. The maximum absolute atomic E-state index is 15.7. The Morgan fingerprint density at radius 3 is 2.17 bits per heavy atom. The lowest BCUT2D eigenvalue weighted by Gasteiger charge is -2.15. The lowest BCUT2D eigenvalue weighted by Crippen LogP contribution is -2.32. The van der Waals surface area contributed by atoms with Crippen molar-refractivity contribution in [3.05, 3.63) is 36.8 Å². The zero-order valence-corrected chi connectivity index (χ0v) is 22.6. The summed E-state index contributed by atoms with van der Waals surface area (Å²) in [6.07, 6.45) is -4.78. The Balaban J connectivity index is 1.12. The van der Waals surface area contributed by atoms with Crippen molar-refractivity contribution in [3.8, 4) is 0 Å². The highest BCUT2D eigenvalue weighted by molar-refractivity contribution is 7.33. The molecule has 0 saturated carbocycles. The fourth-order valence-corrected chi connectivity index (χ4v) is 6.14. The minimum absolute atomic E-state index is 0.0592. The molecule has 0 bridgehead atoms. The molecule has 8 atom stereocenters. The van der Waals surface area contributed by atoms with E-state index in [-0.39, 0.29) is 39.7 Å². The van der Waals surface area contributed by atoms with Gasteiger partial charge in [0, 0.05) is 9.13 Å². The van der Waals surface area contributed by atoms with Crippen LogP contribution in [0.2, 0.25) is 0 Å². The molecule has 7 heterocycles. The van der Waals surface area contributed by atoms with Crippen LogP contribution in [0.4, 0.5) is 20.4 Å². The first-order valence-electron chi connectivity index (χ1n) is 12.0. The summed E-state index contributed by atoms with van der Waals surface area (Å²) in [5, 5.41) is 0. The van der Waals surface area contributed by atoms with Crippen LogP contribution < -0.4 is 11.5 Å². The number of aromatic nitrogens is 8. The van der Waals surface area contributed by atoms with Gasteiger partial charge in [0.05, 0.1) is 6.33 Å². The minimum atomic E-state index is -3.04. The molecular formula is C20H18F2N10O8P2+2. The average Bonchev–Trinajstić information content (AvgIpc) is 3.73. The standard InChI is InChI=1S/C20H18F2N10O8P2/c21-9-13-7(37-19(9)31-5-29-11-15(23)25-3-27-17(11)31)1-35-41(33)40-14-8(2-36-42(34)39-13)38-20(10(14)22)32-6-30-12-16(24)26-4-28-18(12)32/h3-7,9-10,13,19-20H,1-2H2,(H2,23,25,27)(H2,24,26,28)/q+2/t7-,9-,10-,13-,19-,20-/m1/s1. The molecule has 22 heteroatoms. The van der Waals surface area contributed by atoms with Gasteiger partial charge in [0.15, 0.2) is 53.8 Å². The Kier molecular flexibility index (Phi) is 6.60. The van der Waals surface area contributed by atoms with Gasteiger partial charge in [0.2, 0.25) is 18.2 Å². The van der Waals surface area contributed by atoms with Crippen molar-refractivity contribution < 1.29 is 45.5 Å². The molecule has 218 valence electrons. The molecule has 4 N–H and O–H groups in total. The highest BCUT2D eigenvalue weighted by atomic mass is 31.1. The SMILES string of the molecule is Nc1ncnc2c1ncn2[C@@H]1O[C@@H]2CO[P+](=O)OC3=C(CO[P+](=O)O[C@H]2[C@H]1F)O[C@@H](n1cnc2c(N)ncnc21)[C@@H]3F. The number of rotatable bonds is 2. The van der Waals surface area contributed by atoms with E-state index in [2.05, 4.69) is 29.9 Å². The van der Waals surface area contributed by atoms with Crippen molar-refractivity contribution >= 4 is 50.5 Å². The van der Waals surface area contributed by atoms with Gasteiger partial charge in [-0.1, -0.05) is 0 Å². The number of hydrogen-bond acceptors (Lipinski definition) is 16. The third kappa shape index (κ3) is 4.39. The van der Waals surface area contributed by atoms with Gasteiger partial charge in [-0.3, -0.25) is 9.13 Å². The predicted molar refractivity (Wildman–Crippen MR) is 133 cm³/mol. The fourth-order valence-electron chi connectivity index (χ4n) is 4.72. The molecule has 2 unspecified atom stereocenters. The number of ether oxygens (including phenoxy) is 2. The van der Waals surface area contributed by atoms with E-state index in [9.17, 15) is 9.13 Å². The molecule has 42 heavy (non-hydrogen) atoms. The van der Waals surface area contributed by atoms with Crippen LogP contribution in [0.1, 0.15) is 12.5 Å². The topological polar surface area (TPSA) is 229 Å². The zero-order valence-electron chi connectivity index (χ0n) is 20.8. The number of nitrogens with two attached hydrogens (primary N) is 2. The molecule has 3 aliphatic rings. The van der Waals surface area contributed by atoms with Crippen molar-refractivity contribution in [2.45, 2.75) is 37.0 Å². The molecule has 1 fully saturated rings. The first-order chi connectivity index (χ1) is 20.3. The van der Waals surface area contributed by atoms with E-state index in [1.807, 2.05) is 0 Å². The summed E-state index contributed by atoms with van der Waals surface area (Å²) in [6.45, 7) is -1.22. The number of halogens is 2. The quantitative estimate of drug-likeness (QED) is 0.303. The van der Waals surface area contributed by atoms with Gasteiger partial charge in [0.25, 0.3) is 0 Å². The van der Waals surface area contributed by atoms with Gasteiger partial charge < -0.3 is 20.9 Å². The lowest BCUT2D eigenvalue weighted by atomic mass is 10.1. The van der Waals surface area contributed by atoms with Crippen LogP contribution in [0.25, 0.3) is 22.3 Å². The van der Waals surface area contributed by atoms with Gasteiger partial charge in [0.1, 0.15) is 42.7 Å². The van der Waals surface area contributed by atoms with E-state index in [4.69, 9.17) is 39.0 Å². The molecule has 7 rings (SSSR count). The zero-order chi connectivity index (χ0) is 29.1. The largest absolute Gasteiger partial charge is 0.750 e. The van der Waals surface area contributed by atoms with Crippen LogP contribution in [-0.2, 0) is 36.7 Å². The monoisotopic (exact) mass is 626 g/mol. The molecular weight excluding hydrogens is 608 g/mol. The molecule has 0 amide bonds. The highest BCUT2D eigenvalue weighted by Gasteiger charge is 2.55. The molecule has 4 aromatic heterocycles. The summed E-state index contributed by atoms with van der Waals surface area (Å²) < 4.78 is 91.9. The molecule has 0 aromatic carbocycles. The Morgan fingerprint density at radius 2 is 1.50 bits per heavy atom. The normalized spacial score (nSPS) is 30.4. The molecule has 18 nitrogen and oxygen atoms in total. The summed E-state index contributed by atoms with van der Waals surface area (Å²) in [6, 6.07) is 0. The third-order valence-electron chi connectivity index (χ3n) is 6.65. The van der Waals surface area contributed by atoms with Gasteiger partial charge in [-0.15, -0.1) is 13.6 Å². The van der Waals surface area contributed by atoms with Crippen LogP contribution in [0.15, 0.2) is 36.8 Å². The van der Waals surface area contributed by atoms with E-state index in [0.29, 0.717) is 0 Å². The first-order valence-corrected chi connectivity index (χ1v) is 14.2. The fraction of sp³-hybridized carbons (Fsp3) is 0.400. The molecule has 0 radical (unpaired) electrons. The van der Waals surface area contributed by atoms with Crippen LogP contribution in [0.5, 0.6) is 0 Å². The second-order valence-electron chi connectivity index (χ2n) is 9.05. The molecule has 0 spiro atoms. The lowest BCUT2D eigenvalue weighted by molar-refractivity contribution is -0.0402. The molecule has 1 saturated heterocycles. The smallest absolute Gasteiger partial charge is 0.464 e. The number of fused-ring (bicyclic) bond motifs is 3. The molecule has 4 aromatic rings. The van der Waals surface area contributed by atoms with Crippen molar-refractivity contribution in [2.75, 3.05) is 24.7 Å². The average molecular weight is 626 g/mol. The third-order valence-corrected chi connectivity index (χ3v) is 8.12. The summed E-state index contributed by atoms with van der Waals surface area (Å²) in [4.78, 5) is 24.0. The van der Waals surface area contributed by atoms with Gasteiger partial charge in [-0.25, -0.2) is 43.2 Å². The number of anilines is 2. The number of hydrogen-bond donors (Lipinski definition) is 2. The van der Waals surface area contributed by atoms with Crippen LogP contribution in [0.3, 0.4) is 0 Å². The van der Waals surface area contributed by atoms with Crippen molar-refractivity contribution in [3.63, 3.8) is 0 Å². The summed E-state index contributed by atoms with van der Waals surface area (Å²) in [7, 11) is -6.06. The number of nitrogens with zero attached hydrogens (tertiary/aromatic N) is 8. The van der Waals surface area contributed by atoms with E-state index >= 15 is 8.78 Å². The van der Waals surface area contributed by atoms with E-state index < -0.39 is 72.5 Å². The maximum Gasteiger partial charge on any atom is 0.750 e. The summed E-state index contributed by atoms with van der Waals surface area (Å²) in [5.41, 5.74) is 12.3. The van der Waals surface area contributed by atoms with E-state index in [1.54, 1.807) is 0 Å². The van der Waals surface area contributed by atoms with Crippen LogP contribution >= 0.6 is 16.5 Å². The Bertz CT molecular complexity index is 1700. The Hall–Kier alpha value is -4.06. The van der Waals surface area contributed by atoms with Crippen molar-refractivity contribution in [1.29, 1.82) is 0 Å². The van der Waals surface area contributed by atoms with Gasteiger partial charge >= 0.3 is 16.5 Å². The van der Waals surface area contributed by atoms with Gasteiger partial charge in [-0.2, -0.15) is 0 Å². The van der Waals surface area contributed by atoms with Crippen LogP contribution in [0, 0.1) is 0 Å². The predicted octanol–water partition coefficient (Wildman–Crippen LogP) is 1.91. The highest BCUT2D eigenvalue weighted by Crippen LogP contribution is 2.46. The second-order valence-corrected chi connectivity index (χ2v) is 10.9. The summed E-state index contributed by atoms with van der Waals surface area (Å²) in [5.74, 6) is -0.712. The van der Waals surface area contributed by atoms with Crippen molar-refractivity contribution in [1.82, 2.24) is 39.0 Å². The van der Waals surface area contributed by atoms with E-state index in [0.717, 1.165) is 6.33 Å². The van der Waals surface area contributed by atoms with Gasteiger partial charge in [-0.05, 0) is 0 Å². The van der Waals surface area contributed by atoms with E-state index in [1.165, 1.54) is 28.1 Å². The van der Waals surface area contributed by atoms with Crippen molar-refractivity contribution in [2.24, 2.45) is 0 Å². The maximum atomic E-state index is 15.7. The number of imidazole rings is 2. The minimum Gasteiger partial charge on any atom is -0.464 e. The second kappa shape index (κ2) is 10.3. The Labute approximate surface area is 233 Å². The summed E-state index contributed by atoms with van der Waals surface area (Å²) >= 11 is 0.